The molecule has 0 saturated heterocycles. The van der Waals surface area contributed by atoms with Crippen LogP contribution in [0.25, 0.3) is 0 Å². The summed E-state index contributed by atoms with van der Waals surface area (Å²) in [6.45, 7) is 2.02. The lowest BCUT2D eigenvalue weighted by Crippen LogP contribution is -2.32. The summed E-state index contributed by atoms with van der Waals surface area (Å²) in [4.78, 5) is 15.1. The van der Waals surface area contributed by atoms with Crippen molar-refractivity contribution in [1.82, 2.24) is 4.90 Å². The molecule has 0 atom stereocenters. The number of carbonyl (C=O) groups excluding carboxylic acids is 1. The molecule has 6 nitrogen and oxygen atoms in total. The van der Waals surface area contributed by atoms with Crippen molar-refractivity contribution in [3.8, 4) is 5.75 Å². The molecule has 0 aromatic heterocycles. The highest BCUT2D eigenvalue weighted by Crippen LogP contribution is 2.31. The molecule has 0 radical (unpaired) electrons. The molecule has 4 rings (SSSR count). The van der Waals surface area contributed by atoms with E-state index in [1.807, 2.05) is 0 Å². The number of methoxy groups -OCH3 is 1. The predicted octanol–water partition coefficient (Wildman–Crippen LogP) is 4.75. The number of aryl methyl sites for hydroxylation is 1. The highest BCUT2D eigenvalue weighted by atomic mass is 32.2. The van der Waals surface area contributed by atoms with Crippen LogP contribution in [-0.4, -0.2) is 32.4 Å². The number of hydrogen-bond acceptors (Lipinski definition) is 4. The number of hydrogen-bond donors (Lipinski definition) is 1. The SMILES string of the molecule is COc1ccccc1NS(=O)(=O)c1cc(C(=O)N(Cc2ccc(F)cc2)C2CC2)ccc1C. The van der Waals surface area contributed by atoms with E-state index in [0.717, 1.165) is 18.4 Å². The van der Waals surface area contributed by atoms with Crippen molar-refractivity contribution in [2.45, 2.75) is 37.2 Å². The van der Waals surface area contributed by atoms with Crippen molar-refractivity contribution < 1.29 is 22.3 Å². The van der Waals surface area contributed by atoms with E-state index in [1.165, 1.54) is 25.3 Å². The molecule has 8 heteroatoms. The summed E-state index contributed by atoms with van der Waals surface area (Å²) in [6.07, 6.45) is 1.78. The van der Waals surface area contributed by atoms with Crippen LogP contribution >= 0.6 is 0 Å². The van der Waals surface area contributed by atoms with Gasteiger partial charge >= 0.3 is 0 Å². The summed E-state index contributed by atoms with van der Waals surface area (Å²) < 4.78 is 47.4. The number of carbonyl (C=O) groups is 1. The van der Waals surface area contributed by atoms with Gasteiger partial charge in [0.1, 0.15) is 11.6 Å². The van der Waals surface area contributed by atoms with E-state index in [2.05, 4.69) is 4.72 Å². The molecule has 0 aliphatic heterocycles. The zero-order valence-corrected chi connectivity index (χ0v) is 19.2. The van der Waals surface area contributed by atoms with Crippen LogP contribution in [0.3, 0.4) is 0 Å². The first-order valence-electron chi connectivity index (χ1n) is 10.6. The topological polar surface area (TPSA) is 75.7 Å². The number of halogens is 1. The van der Waals surface area contributed by atoms with Gasteiger partial charge in [0.25, 0.3) is 15.9 Å². The highest BCUT2D eigenvalue weighted by molar-refractivity contribution is 7.92. The van der Waals surface area contributed by atoms with E-state index in [9.17, 15) is 17.6 Å². The van der Waals surface area contributed by atoms with E-state index in [0.29, 0.717) is 23.5 Å². The van der Waals surface area contributed by atoms with Crippen molar-refractivity contribution in [2.75, 3.05) is 11.8 Å². The van der Waals surface area contributed by atoms with Gasteiger partial charge in [-0.25, -0.2) is 12.8 Å². The van der Waals surface area contributed by atoms with E-state index >= 15 is 0 Å². The third-order valence-corrected chi connectivity index (χ3v) is 7.10. The fourth-order valence-corrected chi connectivity index (χ4v) is 5.00. The Labute approximate surface area is 193 Å². The number of nitrogens with one attached hydrogen (secondary N) is 1. The second-order valence-corrected chi connectivity index (χ2v) is 9.73. The number of sulfonamides is 1. The predicted molar refractivity (Wildman–Crippen MR) is 124 cm³/mol. The Hall–Kier alpha value is -3.39. The van der Waals surface area contributed by atoms with Crippen LogP contribution in [0, 0.1) is 12.7 Å². The van der Waals surface area contributed by atoms with Crippen molar-refractivity contribution in [2.24, 2.45) is 0 Å². The minimum absolute atomic E-state index is 0.0248. The van der Waals surface area contributed by atoms with Crippen LogP contribution in [0.5, 0.6) is 5.75 Å². The molecule has 0 bridgehead atoms. The largest absolute Gasteiger partial charge is 0.495 e. The second-order valence-electron chi connectivity index (χ2n) is 8.08. The summed E-state index contributed by atoms with van der Waals surface area (Å²) in [5.41, 5.74) is 1.93. The molecule has 1 N–H and O–H groups in total. The maximum Gasteiger partial charge on any atom is 0.262 e. The van der Waals surface area contributed by atoms with E-state index in [1.54, 1.807) is 60.4 Å². The zero-order valence-electron chi connectivity index (χ0n) is 18.4. The van der Waals surface area contributed by atoms with Gasteiger partial charge in [-0.05, 0) is 67.3 Å². The molecule has 1 aliphatic rings. The molecule has 1 saturated carbocycles. The summed E-state index contributed by atoms with van der Waals surface area (Å²) in [7, 11) is -2.51. The summed E-state index contributed by atoms with van der Waals surface area (Å²) in [5.74, 6) is -0.195. The molecule has 172 valence electrons. The Morgan fingerprint density at radius 2 is 1.79 bits per heavy atom. The van der Waals surface area contributed by atoms with Crippen molar-refractivity contribution in [3.63, 3.8) is 0 Å². The number of amides is 1. The van der Waals surface area contributed by atoms with Gasteiger partial charge in [0.15, 0.2) is 0 Å². The molecule has 0 spiro atoms. The Morgan fingerprint density at radius 1 is 1.09 bits per heavy atom. The molecule has 0 heterocycles. The average Bonchev–Trinajstić information content (AvgIpc) is 3.64. The number of ether oxygens (including phenoxy) is 1. The fourth-order valence-electron chi connectivity index (χ4n) is 3.66. The third kappa shape index (κ3) is 5.17. The minimum atomic E-state index is -3.97. The monoisotopic (exact) mass is 468 g/mol. The van der Waals surface area contributed by atoms with Gasteiger partial charge in [-0.15, -0.1) is 0 Å². The van der Waals surface area contributed by atoms with Crippen LogP contribution in [0.1, 0.15) is 34.3 Å². The van der Waals surface area contributed by atoms with Gasteiger partial charge in [-0.1, -0.05) is 30.3 Å². The number of nitrogens with zero attached hydrogens (tertiary/aromatic N) is 1. The first kappa shape index (κ1) is 22.8. The third-order valence-electron chi connectivity index (χ3n) is 5.59. The maximum absolute atomic E-state index is 13.4. The van der Waals surface area contributed by atoms with Crippen molar-refractivity contribution in [3.05, 3.63) is 89.2 Å². The number of benzene rings is 3. The molecular formula is C25H25FN2O4S. The average molecular weight is 469 g/mol. The van der Waals surface area contributed by atoms with Crippen molar-refractivity contribution >= 4 is 21.6 Å². The van der Waals surface area contributed by atoms with Gasteiger partial charge in [-0.2, -0.15) is 0 Å². The smallest absolute Gasteiger partial charge is 0.262 e. The molecule has 1 amide bonds. The standard InChI is InChI=1S/C25H25FN2O4S/c1-17-7-10-19(15-24(17)33(30,31)27-22-5-3-4-6-23(22)32-2)25(29)28(21-13-14-21)16-18-8-11-20(26)12-9-18/h3-12,15,21,27H,13-14,16H2,1-2H3. The molecule has 3 aromatic rings. The highest BCUT2D eigenvalue weighted by Gasteiger charge is 2.33. The first-order valence-corrected chi connectivity index (χ1v) is 12.1. The molecular weight excluding hydrogens is 443 g/mol. The Morgan fingerprint density at radius 3 is 2.45 bits per heavy atom. The van der Waals surface area contributed by atoms with E-state index in [4.69, 9.17) is 4.74 Å². The fraction of sp³-hybridized carbons (Fsp3) is 0.240. The molecule has 1 aliphatic carbocycles. The summed E-state index contributed by atoms with van der Waals surface area (Å²) >= 11 is 0. The summed E-state index contributed by atoms with van der Waals surface area (Å²) in [5, 5.41) is 0. The summed E-state index contributed by atoms with van der Waals surface area (Å²) in [6, 6.07) is 17.5. The van der Waals surface area contributed by atoms with Gasteiger partial charge in [0.2, 0.25) is 0 Å². The Bertz CT molecular complexity index is 1270. The van der Waals surface area contributed by atoms with Gasteiger partial charge in [0.05, 0.1) is 17.7 Å². The lowest BCUT2D eigenvalue weighted by molar-refractivity contribution is 0.0729. The maximum atomic E-state index is 13.4. The van der Waals surface area contributed by atoms with Crippen LogP contribution in [0.15, 0.2) is 71.6 Å². The van der Waals surface area contributed by atoms with Gasteiger partial charge in [0, 0.05) is 18.2 Å². The zero-order chi connectivity index (χ0) is 23.6. The molecule has 0 unspecified atom stereocenters. The molecule has 1 fully saturated rings. The van der Waals surface area contributed by atoms with Crippen molar-refractivity contribution in [1.29, 1.82) is 0 Å². The van der Waals surface area contributed by atoms with E-state index < -0.39 is 10.0 Å². The quantitative estimate of drug-likeness (QED) is 0.518. The lowest BCUT2D eigenvalue weighted by Gasteiger charge is -2.23. The number of para-hydroxylation sites is 2. The number of anilines is 1. The van der Waals surface area contributed by atoms with Crippen LogP contribution < -0.4 is 9.46 Å². The van der Waals surface area contributed by atoms with Crippen LogP contribution in [0.4, 0.5) is 10.1 Å². The number of rotatable bonds is 8. The molecule has 33 heavy (non-hydrogen) atoms. The second kappa shape index (κ2) is 9.23. The van der Waals surface area contributed by atoms with Crippen LogP contribution in [-0.2, 0) is 16.6 Å². The lowest BCUT2D eigenvalue weighted by atomic mass is 10.1. The van der Waals surface area contributed by atoms with E-state index in [-0.39, 0.29) is 28.2 Å². The molecule has 3 aromatic carbocycles. The Balaban J connectivity index is 1.62. The first-order chi connectivity index (χ1) is 15.8. The van der Waals surface area contributed by atoms with Gasteiger partial charge < -0.3 is 9.64 Å². The van der Waals surface area contributed by atoms with Gasteiger partial charge in [-0.3, -0.25) is 9.52 Å². The normalized spacial score (nSPS) is 13.4. The Kier molecular flexibility index (Phi) is 6.37. The van der Waals surface area contributed by atoms with Crippen LogP contribution in [0.2, 0.25) is 0 Å². The minimum Gasteiger partial charge on any atom is -0.495 e.